The number of halogens is 2. The van der Waals surface area contributed by atoms with E-state index in [1.54, 1.807) is 15.8 Å². The van der Waals surface area contributed by atoms with Crippen molar-refractivity contribution >= 4 is 27.3 Å². The molecule has 1 aromatic carbocycles. The van der Waals surface area contributed by atoms with Gasteiger partial charge in [0.2, 0.25) is 5.91 Å². The van der Waals surface area contributed by atoms with Crippen LogP contribution in [0.1, 0.15) is 19.5 Å². The van der Waals surface area contributed by atoms with Gasteiger partial charge in [0, 0.05) is 71.8 Å². The van der Waals surface area contributed by atoms with Crippen LogP contribution < -0.4 is 4.74 Å². The summed E-state index contributed by atoms with van der Waals surface area (Å²) in [7, 11) is 1.83. The molecule has 0 saturated carbocycles. The smallest absolute Gasteiger partial charge is 0.246 e. The van der Waals surface area contributed by atoms with E-state index < -0.39 is 11.6 Å². The van der Waals surface area contributed by atoms with E-state index in [0.29, 0.717) is 48.7 Å². The highest BCUT2D eigenvalue weighted by Gasteiger charge is 2.28. The second-order valence-corrected chi connectivity index (χ2v) is 11.1. The van der Waals surface area contributed by atoms with E-state index in [1.807, 2.05) is 49.3 Å². The Morgan fingerprint density at radius 2 is 1.98 bits per heavy atom. The fourth-order valence-electron chi connectivity index (χ4n) is 5.24. The monoisotopic (exact) mass is 574 g/mol. The zero-order valence-electron chi connectivity index (χ0n) is 22.9. The fraction of sp³-hybridized carbons (Fsp3) is 0.267. The maximum atomic E-state index is 15.8. The molecule has 6 rings (SSSR count). The largest absolute Gasteiger partial charge is 0.490 e. The fourth-order valence-corrected chi connectivity index (χ4v) is 6.19. The quantitative estimate of drug-likeness (QED) is 0.237. The highest BCUT2D eigenvalue weighted by Crippen LogP contribution is 2.47. The van der Waals surface area contributed by atoms with Crippen LogP contribution in [-0.4, -0.2) is 54.5 Å². The average Bonchev–Trinajstić information content (AvgIpc) is 3.65. The minimum Gasteiger partial charge on any atom is -0.490 e. The Hall–Kier alpha value is -4.38. The van der Waals surface area contributed by atoms with E-state index in [-0.39, 0.29) is 23.3 Å². The lowest BCUT2D eigenvalue weighted by Crippen LogP contribution is -2.32. The lowest BCUT2D eigenvalue weighted by atomic mass is 9.97. The maximum absolute atomic E-state index is 15.8. The van der Waals surface area contributed by atoms with Gasteiger partial charge in [-0.05, 0) is 37.4 Å². The SMILES string of the molecule is C=CC(=O)N1CCc2cc(-c3nc(-c4cnn(C)c4)c4ccsc4c3-c3c(F)cc(F)cc3OC(C)C)nn2CC1. The average molecular weight is 575 g/mol. The number of aryl methyl sites for hydroxylation is 1. The van der Waals surface area contributed by atoms with E-state index in [9.17, 15) is 9.18 Å². The van der Waals surface area contributed by atoms with Gasteiger partial charge in [-0.15, -0.1) is 11.3 Å². The number of fused-ring (bicyclic) bond motifs is 2. The van der Waals surface area contributed by atoms with Crippen LogP contribution in [0.3, 0.4) is 0 Å². The summed E-state index contributed by atoms with van der Waals surface area (Å²) in [6.45, 7) is 8.73. The number of carbonyl (C=O) groups excluding carboxylic acids is 1. The van der Waals surface area contributed by atoms with E-state index in [4.69, 9.17) is 14.8 Å². The van der Waals surface area contributed by atoms with Gasteiger partial charge in [0.1, 0.15) is 28.8 Å². The van der Waals surface area contributed by atoms with Crippen molar-refractivity contribution in [2.24, 2.45) is 7.05 Å². The zero-order chi connectivity index (χ0) is 28.8. The lowest BCUT2D eigenvalue weighted by Gasteiger charge is -2.19. The molecule has 41 heavy (non-hydrogen) atoms. The highest BCUT2D eigenvalue weighted by molar-refractivity contribution is 7.18. The van der Waals surface area contributed by atoms with Gasteiger partial charge < -0.3 is 9.64 Å². The summed E-state index contributed by atoms with van der Waals surface area (Å²) in [6, 6.07) is 5.96. The van der Waals surface area contributed by atoms with Crippen molar-refractivity contribution in [3.8, 4) is 39.5 Å². The van der Waals surface area contributed by atoms with Crippen molar-refractivity contribution in [3.63, 3.8) is 0 Å². The molecule has 0 atom stereocenters. The molecule has 1 aliphatic heterocycles. The predicted molar refractivity (Wildman–Crippen MR) is 155 cm³/mol. The third kappa shape index (κ3) is 4.90. The molecule has 0 spiro atoms. The van der Waals surface area contributed by atoms with Crippen LogP contribution in [-0.2, 0) is 24.8 Å². The Morgan fingerprint density at radius 1 is 1.15 bits per heavy atom. The lowest BCUT2D eigenvalue weighted by molar-refractivity contribution is -0.126. The number of benzene rings is 1. The molecular weight excluding hydrogens is 546 g/mol. The number of hydrogen-bond acceptors (Lipinski definition) is 6. The third-order valence-electron chi connectivity index (χ3n) is 7.03. The summed E-state index contributed by atoms with van der Waals surface area (Å²) >= 11 is 1.45. The second-order valence-electron chi connectivity index (χ2n) is 10.2. The summed E-state index contributed by atoms with van der Waals surface area (Å²) in [4.78, 5) is 19.0. The molecule has 210 valence electrons. The summed E-state index contributed by atoms with van der Waals surface area (Å²) < 4.78 is 40.6. The number of pyridine rings is 1. The van der Waals surface area contributed by atoms with Crippen molar-refractivity contribution in [1.82, 2.24) is 29.4 Å². The first-order valence-electron chi connectivity index (χ1n) is 13.3. The molecule has 0 N–H and O–H groups in total. The second kappa shape index (κ2) is 10.5. The molecule has 8 nitrogen and oxygen atoms in total. The van der Waals surface area contributed by atoms with Gasteiger partial charge in [-0.2, -0.15) is 10.2 Å². The molecule has 1 amide bonds. The van der Waals surface area contributed by atoms with Gasteiger partial charge in [-0.25, -0.2) is 13.8 Å². The number of amides is 1. The van der Waals surface area contributed by atoms with Gasteiger partial charge in [-0.1, -0.05) is 6.58 Å². The molecule has 0 aliphatic carbocycles. The number of ether oxygens (including phenoxy) is 1. The summed E-state index contributed by atoms with van der Waals surface area (Å²) in [5.41, 5.74) is 4.07. The van der Waals surface area contributed by atoms with Crippen molar-refractivity contribution in [3.05, 3.63) is 72.0 Å². The van der Waals surface area contributed by atoms with Crippen LogP contribution in [0.2, 0.25) is 0 Å². The Labute approximate surface area is 239 Å². The van der Waals surface area contributed by atoms with E-state index in [1.165, 1.54) is 23.5 Å². The van der Waals surface area contributed by atoms with E-state index in [2.05, 4.69) is 11.7 Å². The minimum atomic E-state index is -0.744. The number of carbonyl (C=O) groups is 1. The molecule has 5 heterocycles. The van der Waals surface area contributed by atoms with Crippen molar-refractivity contribution in [1.29, 1.82) is 0 Å². The first-order chi connectivity index (χ1) is 19.7. The Kier molecular flexibility index (Phi) is 6.90. The van der Waals surface area contributed by atoms with Crippen LogP contribution in [0, 0.1) is 11.6 Å². The molecule has 1 aliphatic rings. The molecule has 0 bridgehead atoms. The number of hydrogen-bond donors (Lipinski definition) is 0. The molecular formula is C30H28F2N6O2S. The van der Waals surface area contributed by atoms with Crippen LogP contribution in [0.25, 0.3) is 43.9 Å². The predicted octanol–water partition coefficient (Wildman–Crippen LogP) is 5.86. The highest BCUT2D eigenvalue weighted by atomic mass is 32.1. The maximum Gasteiger partial charge on any atom is 0.246 e. The molecule has 0 unspecified atom stereocenters. The van der Waals surface area contributed by atoms with Gasteiger partial charge in [0.05, 0.1) is 30.1 Å². The van der Waals surface area contributed by atoms with Crippen molar-refractivity contribution in [2.75, 3.05) is 13.1 Å². The zero-order valence-corrected chi connectivity index (χ0v) is 23.7. The van der Waals surface area contributed by atoms with Crippen molar-refractivity contribution in [2.45, 2.75) is 32.9 Å². The minimum absolute atomic E-state index is 0.101. The number of thiophene rings is 1. The Morgan fingerprint density at radius 3 is 2.71 bits per heavy atom. The summed E-state index contributed by atoms with van der Waals surface area (Å²) in [5.74, 6) is -1.48. The molecule has 0 radical (unpaired) electrons. The Bertz CT molecular complexity index is 1780. The van der Waals surface area contributed by atoms with Crippen LogP contribution >= 0.6 is 11.3 Å². The number of aromatic nitrogens is 5. The van der Waals surface area contributed by atoms with Gasteiger partial charge in [-0.3, -0.25) is 14.2 Å². The standard InChI is InChI=1S/C30H28F2N6O2S/c1-5-25(39)37-8-6-20-14-23(35-38(20)10-9-37)29-27(26-22(32)12-19(31)13-24(26)40-17(2)3)30-21(7-11-41-30)28(34-29)18-15-33-36(4)16-18/h5,7,11-17H,1,6,8-10H2,2-4H3. The van der Waals surface area contributed by atoms with Crippen LogP contribution in [0.4, 0.5) is 8.78 Å². The van der Waals surface area contributed by atoms with E-state index >= 15 is 4.39 Å². The first kappa shape index (κ1) is 26.8. The van der Waals surface area contributed by atoms with Gasteiger partial charge >= 0.3 is 0 Å². The van der Waals surface area contributed by atoms with Gasteiger partial charge in [0.25, 0.3) is 0 Å². The van der Waals surface area contributed by atoms with Crippen LogP contribution in [0.15, 0.2) is 54.7 Å². The molecule has 11 heteroatoms. The van der Waals surface area contributed by atoms with Crippen molar-refractivity contribution < 1.29 is 18.3 Å². The Balaban J connectivity index is 1.60. The normalized spacial score (nSPS) is 13.5. The topological polar surface area (TPSA) is 78.1 Å². The van der Waals surface area contributed by atoms with Crippen LogP contribution in [0.5, 0.6) is 5.75 Å². The first-order valence-corrected chi connectivity index (χ1v) is 14.2. The summed E-state index contributed by atoms with van der Waals surface area (Å²) in [6.07, 6.45) is 5.21. The number of nitrogens with zero attached hydrogens (tertiary/aromatic N) is 6. The van der Waals surface area contributed by atoms with Gasteiger partial charge in [0.15, 0.2) is 0 Å². The molecule has 0 fully saturated rings. The molecule has 5 aromatic rings. The molecule has 4 aromatic heterocycles. The molecule has 0 saturated heterocycles. The third-order valence-corrected chi connectivity index (χ3v) is 7.96. The summed E-state index contributed by atoms with van der Waals surface area (Å²) in [5, 5.41) is 12.0. The number of rotatable bonds is 6. The van der Waals surface area contributed by atoms with E-state index in [0.717, 1.165) is 27.4 Å².